The first-order valence-corrected chi connectivity index (χ1v) is 6.20. The second-order valence-electron chi connectivity index (χ2n) is 4.63. The monoisotopic (exact) mass is 229 g/mol. The van der Waals surface area contributed by atoms with E-state index in [9.17, 15) is 4.79 Å². The first-order chi connectivity index (χ1) is 7.47. The standard InChI is InChI=1S/C12H27N3O/c1-6-10(3)14-9-8-12(4,7-2)15-11(16)13-5/h10,14H,6-9H2,1-5H3,(H2,13,15,16). The van der Waals surface area contributed by atoms with Gasteiger partial charge in [-0.2, -0.15) is 0 Å². The van der Waals surface area contributed by atoms with Crippen molar-refractivity contribution >= 4 is 6.03 Å². The Kier molecular flexibility index (Phi) is 7.13. The summed E-state index contributed by atoms with van der Waals surface area (Å²) in [5.41, 5.74) is -0.124. The minimum atomic E-state index is -0.124. The fourth-order valence-electron chi connectivity index (χ4n) is 1.40. The van der Waals surface area contributed by atoms with Crippen LogP contribution in [0.4, 0.5) is 4.79 Å². The predicted molar refractivity (Wildman–Crippen MR) is 68.7 cm³/mol. The van der Waals surface area contributed by atoms with Crippen LogP contribution in [0.2, 0.25) is 0 Å². The first kappa shape index (κ1) is 15.2. The zero-order valence-electron chi connectivity index (χ0n) is 11.3. The summed E-state index contributed by atoms with van der Waals surface area (Å²) in [4.78, 5) is 11.3. The second-order valence-corrected chi connectivity index (χ2v) is 4.63. The zero-order chi connectivity index (χ0) is 12.6. The van der Waals surface area contributed by atoms with Gasteiger partial charge < -0.3 is 16.0 Å². The van der Waals surface area contributed by atoms with Crippen molar-refractivity contribution in [1.29, 1.82) is 0 Å². The maximum absolute atomic E-state index is 11.3. The minimum absolute atomic E-state index is 0.104. The van der Waals surface area contributed by atoms with Gasteiger partial charge in [0.05, 0.1) is 0 Å². The van der Waals surface area contributed by atoms with Crippen molar-refractivity contribution in [3.05, 3.63) is 0 Å². The Balaban J connectivity index is 4.01. The van der Waals surface area contributed by atoms with E-state index in [1.807, 2.05) is 0 Å². The summed E-state index contributed by atoms with van der Waals surface area (Å²) in [6.07, 6.45) is 3.01. The molecule has 0 aromatic heterocycles. The van der Waals surface area contributed by atoms with E-state index in [1.54, 1.807) is 7.05 Å². The molecule has 0 spiro atoms. The first-order valence-electron chi connectivity index (χ1n) is 6.20. The molecule has 0 rings (SSSR count). The van der Waals surface area contributed by atoms with E-state index in [0.29, 0.717) is 6.04 Å². The number of hydrogen-bond donors (Lipinski definition) is 3. The predicted octanol–water partition coefficient (Wildman–Crippen LogP) is 1.86. The van der Waals surface area contributed by atoms with Crippen molar-refractivity contribution in [2.24, 2.45) is 0 Å². The van der Waals surface area contributed by atoms with Gasteiger partial charge in [-0.15, -0.1) is 0 Å². The number of amides is 2. The molecule has 2 amide bonds. The van der Waals surface area contributed by atoms with E-state index >= 15 is 0 Å². The Morgan fingerprint density at radius 2 is 2.00 bits per heavy atom. The summed E-state index contributed by atoms with van der Waals surface area (Å²) in [5.74, 6) is 0. The summed E-state index contributed by atoms with van der Waals surface area (Å²) in [6.45, 7) is 9.46. The van der Waals surface area contributed by atoms with Crippen LogP contribution in [-0.2, 0) is 0 Å². The molecule has 0 radical (unpaired) electrons. The molecule has 0 fully saturated rings. The van der Waals surface area contributed by atoms with Gasteiger partial charge in [-0.3, -0.25) is 0 Å². The van der Waals surface area contributed by atoms with Crippen LogP contribution in [0, 0.1) is 0 Å². The lowest BCUT2D eigenvalue weighted by molar-refractivity contribution is 0.224. The molecule has 0 aromatic rings. The normalized spacial score (nSPS) is 16.3. The molecule has 0 aliphatic heterocycles. The number of carbonyl (C=O) groups excluding carboxylic acids is 1. The minimum Gasteiger partial charge on any atom is -0.341 e. The molecule has 0 saturated carbocycles. The van der Waals surface area contributed by atoms with Crippen LogP contribution in [-0.4, -0.2) is 31.2 Å². The van der Waals surface area contributed by atoms with Crippen molar-refractivity contribution in [1.82, 2.24) is 16.0 Å². The highest BCUT2D eigenvalue weighted by molar-refractivity contribution is 5.74. The van der Waals surface area contributed by atoms with Gasteiger partial charge >= 0.3 is 6.03 Å². The molecule has 0 aliphatic carbocycles. The van der Waals surface area contributed by atoms with E-state index in [1.165, 1.54) is 0 Å². The summed E-state index contributed by atoms with van der Waals surface area (Å²) >= 11 is 0. The van der Waals surface area contributed by atoms with Gasteiger partial charge in [0, 0.05) is 18.6 Å². The molecule has 2 unspecified atom stereocenters. The Labute approximate surface area is 99.6 Å². The van der Waals surface area contributed by atoms with E-state index in [0.717, 1.165) is 25.8 Å². The number of urea groups is 1. The Morgan fingerprint density at radius 1 is 1.38 bits per heavy atom. The largest absolute Gasteiger partial charge is 0.341 e. The maximum Gasteiger partial charge on any atom is 0.314 e. The highest BCUT2D eigenvalue weighted by Crippen LogP contribution is 2.13. The Morgan fingerprint density at radius 3 is 2.44 bits per heavy atom. The molecule has 3 N–H and O–H groups in total. The molecule has 16 heavy (non-hydrogen) atoms. The van der Waals surface area contributed by atoms with E-state index < -0.39 is 0 Å². The average molecular weight is 229 g/mol. The Bertz CT molecular complexity index is 208. The van der Waals surface area contributed by atoms with Crippen molar-refractivity contribution < 1.29 is 4.79 Å². The smallest absolute Gasteiger partial charge is 0.314 e. The molecular formula is C12H27N3O. The second kappa shape index (κ2) is 7.49. The molecule has 4 nitrogen and oxygen atoms in total. The van der Waals surface area contributed by atoms with Gasteiger partial charge in [-0.1, -0.05) is 13.8 Å². The van der Waals surface area contributed by atoms with Gasteiger partial charge in [0.1, 0.15) is 0 Å². The Hall–Kier alpha value is -0.770. The van der Waals surface area contributed by atoms with Gasteiger partial charge in [-0.05, 0) is 39.7 Å². The van der Waals surface area contributed by atoms with E-state index in [4.69, 9.17) is 0 Å². The summed E-state index contributed by atoms with van der Waals surface area (Å²) in [7, 11) is 1.64. The molecule has 0 bridgehead atoms. The molecule has 0 aromatic carbocycles. The summed E-state index contributed by atoms with van der Waals surface area (Å²) in [6, 6.07) is 0.439. The third-order valence-corrected chi connectivity index (χ3v) is 3.20. The van der Waals surface area contributed by atoms with Gasteiger partial charge in [-0.25, -0.2) is 4.79 Å². The van der Waals surface area contributed by atoms with Crippen LogP contribution in [0.1, 0.15) is 47.0 Å². The number of nitrogens with one attached hydrogen (secondary N) is 3. The van der Waals surface area contributed by atoms with Gasteiger partial charge in [0.25, 0.3) is 0 Å². The average Bonchev–Trinajstić information content (AvgIpc) is 2.28. The molecule has 0 aliphatic rings. The lowest BCUT2D eigenvalue weighted by Crippen LogP contribution is -2.50. The van der Waals surface area contributed by atoms with Gasteiger partial charge in [0.15, 0.2) is 0 Å². The molecular weight excluding hydrogens is 202 g/mol. The van der Waals surface area contributed by atoms with Crippen LogP contribution < -0.4 is 16.0 Å². The highest BCUT2D eigenvalue weighted by Gasteiger charge is 2.23. The van der Waals surface area contributed by atoms with Crippen LogP contribution in [0.3, 0.4) is 0 Å². The van der Waals surface area contributed by atoms with E-state index in [-0.39, 0.29) is 11.6 Å². The highest BCUT2D eigenvalue weighted by atomic mass is 16.2. The molecule has 0 saturated heterocycles. The zero-order valence-corrected chi connectivity index (χ0v) is 11.3. The van der Waals surface area contributed by atoms with Crippen LogP contribution in [0.15, 0.2) is 0 Å². The van der Waals surface area contributed by atoms with Crippen LogP contribution in [0.5, 0.6) is 0 Å². The maximum atomic E-state index is 11.3. The molecule has 2 atom stereocenters. The van der Waals surface area contributed by atoms with Crippen molar-refractivity contribution in [2.75, 3.05) is 13.6 Å². The lowest BCUT2D eigenvalue weighted by atomic mass is 9.94. The quantitative estimate of drug-likeness (QED) is 0.624. The third-order valence-electron chi connectivity index (χ3n) is 3.20. The molecule has 0 heterocycles. The van der Waals surface area contributed by atoms with Crippen LogP contribution in [0.25, 0.3) is 0 Å². The molecule has 4 heteroatoms. The van der Waals surface area contributed by atoms with Gasteiger partial charge in [0.2, 0.25) is 0 Å². The van der Waals surface area contributed by atoms with Crippen LogP contribution >= 0.6 is 0 Å². The SMILES string of the molecule is CCC(C)NCCC(C)(CC)NC(=O)NC. The van der Waals surface area contributed by atoms with Crippen molar-refractivity contribution in [3.8, 4) is 0 Å². The number of hydrogen-bond acceptors (Lipinski definition) is 2. The topological polar surface area (TPSA) is 53.2 Å². The fraction of sp³-hybridized carbons (Fsp3) is 0.917. The molecule has 96 valence electrons. The lowest BCUT2D eigenvalue weighted by Gasteiger charge is -2.30. The fourth-order valence-corrected chi connectivity index (χ4v) is 1.40. The number of rotatable bonds is 7. The summed E-state index contributed by atoms with van der Waals surface area (Å²) in [5, 5.41) is 9.03. The van der Waals surface area contributed by atoms with E-state index in [2.05, 4.69) is 43.6 Å². The third kappa shape index (κ3) is 5.95. The van der Waals surface area contributed by atoms with Crippen molar-refractivity contribution in [3.63, 3.8) is 0 Å². The number of carbonyl (C=O) groups is 1. The van der Waals surface area contributed by atoms with Crippen molar-refractivity contribution in [2.45, 2.75) is 58.5 Å². The summed E-state index contributed by atoms with van der Waals surface area (Å²) < 4.78 is 0.